The van der Waals surface area contributed by atoms with Gasteiger partial charge in [0.05, 0.1) is 4.90 Å². The van der Waals surface area contributed by atoms with Crippen molar-refractivity contribution in [3.8, 4) is 0 Å². The van der Waals surface area contributed by atoms with Crippen molar-refractivity contribution in [2.45, 2.75) is 25.7 Å². The molecule has 0 atom stereocenters. The van der Waals surface area contributed by atoms with Crippen LogP contribution in [0.25, 0.3) is 0 Å². The molecule has 0 radical (unpaired) electrons. The molecule has 0 fully saturated rings. The summed E-state index contributed by atoms with van der Waals surface area (Å²) >= 11 is 4.09. The van der Waals surface area contributed by atoms with Crippen molar-refractivity contribution in [1.82, 2.24) is 9.97 Å². The summed E-state index contributed by atoms with van der Waals surface area (Å²) < 4.78 is 0. The van der Waals surface area contributed by atoms with Gasteiger partial charge in [0.2, 0.25) is 0 Å². The summed E-state index contributed by atoms with van der Waals surface area (Å²) in [5.74, 6) is 0.612. The Morgan fingerprint density at radius 1 is 1.50 bits per heavy atom. The minimum atomic E-state index is 0.612. The Hall–Kier alpha value is -0.900. The summed E-state index contributed by atoms with van der Waals surface area (Å²) in [4.78, 5) is 12.3. The Bertz CT molecular complexity index is 248. The van der Waals surface area contributed by atoms with E-state index in [4.69, 9.17) is 0 Å². The normalized spacial score (nSPS) is 9.33. The van der Waals surface area contributed by atoms with Crippen LogP contribution in [0.15, 0.2) is 22.4 Å². The number of rotatable bonds is 1. The zero-order valence-electron chi connectivity index (χ0n) is 7.52. The number of aromatic nitrogens is 2. The van der Waals surface area contributed by atoms with Crippen molar-refractivity contribution in [2.24, 2.45) is 4.99 Å². The van der Waals surface area contributed by atoms with Gasteiger partial charge in [0.15, 0.2) is 5.82 Å². The Morgan fingerprint density at radius 2 is 2.17 bits per heavy atom. The van der Waals surface area contributed by atoms with Crippen LogP contribution in [0.1, 0.15) is 20.8 Å². The van der Waals surface area contributed by atoms with Crippen LogP contribution in [0.2, 0.25) is 0 Å². The lowest BCUT2D eigenvalue weighted by Crippen LogP contribution is -1.78. The van der Waals surface area contributed by atoms with Crippen molar-refractivity contribution in [2.75, 3.05) is 0 Å². The second-order valence-electron chi connectivity index (χ2n) is 1.62. The van der Waals surface area contributed by atoms with Gasteiger partial charge in [0, 0.05) is 12.4 Å². The van der Waals surface area contributed by atoms with E-state index < -0.39 is 0 Å². The Labute approximate surface area is 78.4 Å². The van der Waals surface area contributed by atoms with Gasteiger partial charge in [-0.2, -0.15) is 0 Å². The van der Waals surface area contributed by atoms with E-state index in [-0.39, 0.29) is 0 Å². The SMILES string of the molecule is CC.CC=Nc1ncncc1S. The van der Waals surface area contributed by atoms with Gasteiger partial charge in [-0.15, -0.1) is 12.6 Å². The van der Waals surface area contributed by atoms with Crippen molar-refractivity contribution in [1.29, 1.82) is 0 Å². The third kappa shape index (κ3) is 3.48. The number of hydrogen-bond donors (Lipinski definition) is 1. The molecule has 1 rings (SSSR count). The molecule has 0 amide bonds. The molecule has 66 valence electrons. The standard InChI is InChI=1S/C6H7N3S.C2H6/c1-2-8-6-5(10)3-7-4-9-6;1-2/h2-4,10H,1H3;1-2H3. The van der Waals surface area contributed by atoms with Gasteiger partial charge in [-0.05, 0) is 6.92 Å². The van der Waals surface area contributed by atoms with Crippen LogP contribution >= 0.6 is 12.6 Å². The smallest absolute Gasteiger partial charge is 0.168 e. The molecule has 0 N–H and O–H groups in total. The number of nitrogens with zero attached hydrogens (tertiary/aromatic N) is 3. The van der Waals surface area contributed by atoms with E-state index >= 15 is 0 Å². The zero-order valence-corrected chi connectivity index (χ0v) is 8.42. The van der Waals surface area contributed by atoms with Crippen LogP contribution in [-0.2, 0) is 0 Å². The summed E-state index contributed by atoms with van der Waals surface area (Å²) in [5, 5.41) is 0. The molecule has 4 heteroatoms. The molecule has 0 aromatic carbocycles. The highest BCUT2D eigenvalue weighted by Crippen LogP contribution is 2.16. The van der Waals surface area contributed by atoms with Crippen molar-refractivity contribution < 1.29 is 0 Å². The van der Waals surface area contributed by atoms with Crippen molar-refractivity contribution >= 4 is 24.7 Å². The molecule has 1 aromatic rings. The fraction of sp³-hybridized carbons (Fsp3) is 0.375. The van der Waals surface area contributed by atoms with E-state index in [1.807, 2.05) is 20.8 Å². The minimum Gasteiger partial charge on any atom is -0.243 e. The molecule has 0 spiro atoms. The third-order valence-corrected chi connectivity index (χ3v) is 1.24. The first-order valence-electron chi connectivity index (χ1n) is 3.82. The van der Waals surface area contributed by atoms with Crippen LogP contribution < -0.4 is 0 Å². The highest BCUT2D eigenvalue weighted by atomic mass is 32.1. The third-order valence-electron chi connectivity index (χ3n) is 0.924. The number of aliphatic imine (C=N–C) groups is 1. The molecule has 0 saturated heterocycles. The maximum Gasteiger partial charge on any atom is 0.168 e. The summed E-state index contributed by atoms with van der Waals surface area (Å²) in [5.41, 5.74) is 0. The lowest BCUT2D eigenvalue weighted by atomic mass is 10.6. The molecule has 0 unspecified atom stereocenters. The first-order chi connectivity index (χ1) is 5.84. The summed E-state index contributed by atoms with van der Waals surface area (Å²) in [6, 6.07) is 0. The Morgan fingerprint density at radius 3 is 2.67 bits per heavy atom. The van der Waals surface area contributed by atoms with Crippen LogP contribution in [0, 0.1) is 0 Å². The molecule has 1 heterocycles. The average molecular weight is 183 g/mol. The van der Waals surface area contributed by atoms with E-state index in [2.05, 4.69) is 27.6 Å². The lowest BCUT2D eigenvalue weighted by Gasteiger charge is -1.92. The van der Waals surface area contributed by atoms with Crippen LogP contribution in [0.5, 0.6) is 0 Å². The van der Waals surface area contributed by atoms with Gasteiger partial charge in [-0.1, -0.05) is 13.8 Å². The average Bonchev–Trinajstić information content (AvgIpc) is 2.13. The molecule has 0 bridgehead atoms. The molecule has 12 heavy (non-hydrogen) atoms. The topological polar surface area (TPSA) is 38.1 Å². The molecule has 3 nitrogen and oxygen atoms in total. The van der Waals surface area contributed by atoms with Gasteiger partial charge < -0.3 is 0 Å². The fourth-order valence-corrected chi connectivity index (χ4v) is 0.720. The predicted molar refractivity (Wildman–Crippen MR) is 54.5 cm³/mol. The van der Waals surface area contributed by atoms with Gasteiger partial charge >= 0.3 is 0 Å². The highest BCUT2D eigenvalue weighted by Gasteiger charge is 1.93. The maximum absolute atomic E-state index is 4.09. The van der Waals surface area contributed by atoms with E-state index in [1.54, 1.807) is 12.4 Å². The predicted octanol–water partition coefficient (Wildman–Crippen LogP) is 2.51. The zero-order chi connectivity index (χ0) is 9.40. The van der Waals surface area contributed by atoms with Crippen molar-refractivity contribution in [3.63, 3.8) is 0 Å². The molecule has 0 aliphatic rings. The maximum atomic E-state index is 4.09. The van der Waals surface area contributed by atoms with Crippen LogP contribution in [-0.4, -0.2) is 16.2 Å². The molecular formula is C8H13N3S. The second-order valence-corrected chi connectivity index (χ2v) is 2.10. The van der Waals surface area contributed by atoms with Gasteiger partial charge in [-0.3, -0.25) is 0 Å². The Balaban J connectivity index is 0.000000561. The van der Waals surface area contributed by atoms with E-state index in [9.17, 15) is 0 Å². The molecule has 0 saturated carbocycles. The summed E-state index contributed by atoms with van der Waals surface area (Å²) in [7, 11) is 0. The first kappa shape index (κ1) is 11.1. The van der Waals surface area contributed by atoms with Gasteiger partial charge in [-0.25, -0.2) is 15.0 Å². The molecule has 1 aromatic heterocycles. The quantitative estimate of drug-likeness (QED) is 0.536. The van der Waals surface area contributed by atoms with Crippen molar-refractivity contribution in [3.05, 3.63) is 12.5 Å². The second kappa shape index (κ2) is 6.79. The van der Waals surface area contributed by atoms with Gasteiger partial charge in [0.25, 0.3) is 0 Å². The molecular weight excluding hydrogens is 170 g/mol. The monoisotopic (exact) mass is 183 g/mol. The largest absolute Gasteiger partial charge is 0.243 e. The summed E-state index contributed by atoms with van der Waals surface area (Å²) in [6.45, 7) is 5.83. The Kier molecular flexibility index (Phi) is 6.28. The number of hydrogen-bond acceptors (Lipinski definition) is 4. The fourth-order valence-electron chi connectivity index (χ4n) is 0.538. The lowest BCUT2D eigenvalue weighted by molar-refractivity contribution is 1.09. The summed E-state index contributed by atoms with van der Waals surface area (Å²) in [6.07, 6.45) is 4.72. The molecule has 0 aliphatic heterocycles. The van der Waals surface area contributed by atoms with E-state index in [0.717, 1.165) is 0 Å². The minimum absolute atomic E-state index is 0.612. The van der Waals surface area contributed by atoms with E-state index in [0.29, 0.717) is 10.7 Å². The number of thiol groups is 1. The van der Waals surface area contributed by atoms with Gasteiger partial charge in [0.1, 0.15) is 6.33 Å². The van der Waals surface area contributed by atoms with E-state index in [1.165, 1.54) is 6.33 Å². The molecule has 0 aliphatic carbocycles. The first-order valence-corrected chi connectivity index (χ1v) is 4.27. The van der Waals surface area contributed by atoms with Crippen LogP contribution in [0.4, 0.5) is 5.82 Å². The highest BCUT2D eigenvalue weighted by molar-refractivity contribution is 7.80. The van der Waals surface area contributed by atoms with Crippen LogP contribution in [0.3, 0.4) is 0 Å².